The van der Waals surface area contributed by atoms with E-state index in [1.165, 1.54) is 11.3 Å². The lowest BCUT2D eigenvalue weighted by Crippen LogP contribution is -2.13. The number of benzene rings is 1. The van der Waals surface area contributed by atoms with Gasteiger partial charge in [-0.05, 0) is 18.6 Å². The van der Waals surface area contributed by atoms with Crippen molar-refractivity contribution in [2.75, 3.05) is 7.11 Å². The van der Waals surface area contributed by atoms with Gasteiger partial charge in [-0.2, -0.15) is 0 Å². The molecule has 0 N–H and O–H groups in total. The van der Waals surface area contributed by atoms with Crippen LogP contribution in [-0.2, 0) is 17.9 Å². The second-order valence-electron chi connectivity index (χ2n) is 4.59. The lowest BCUT2D eigenvalue weighted by atomic mass is 10.2. The number of fused-ring (bicyclic) bond motifs is 1. The van der Waals surface area contributed by atoms with Crippen molar-refractivity contribution in [2.45, 2.75) is 20.1 Å². The second-order valence-corrected chi connectivity index (χ2v) is 5.56. The molecular weight excluding hydrogens is 276 g/mol. The minimum absolute atomic E-state index is 0.0191. The van der Waals surface area contributed by atoms with Crippen molar-refractivity contribution in [1.82, 2.24) is 9.72 Å². The third-order valence-electron chi connectivity index (χ3n) is 3.11. The predicted octanol–water partition coefficient (Wildman–Crippen LogP) is 2.55. The zero-order chi connectivity index (χ0) is 14.1. The summed E-state index contributed by atoms with van der Waals surface area (Å²) in [7, 11) is 1.60. The van der Waals surface area contributed by atoms with Crippen molar-refractivity contribution in [1.29, 1.82) is 0 Å². The van der Waals surface area contributed by atoms with Gasteiger partial charge in [-0.1, -0.05) is 28.6 Å². The van der Waals surface area contributed by atoms with Crippen molar-refractivity contribution in [3.8, 4) is 0 Å². The van der Waals surface area contributed by atoms with Crippen LogP contribution in [0.5, 0.6) is 0 Å². The van der Waals surface area contributed by atoms with Crippen LogP contribution in [-0.4, -0.2) is 16.8 Å². The molecule has 0 aliphatic rings. The molecule has 6 heteroatoms. The largest absolute Gasteiger partial charge is 0.377 e. The van der Waals surface area contributed by atoms with Crippen LogP contribution in [0.2, 0.25) is 0 Å². The van der Waals surface area contributed by atoms with E-state index in [9.17, 15) is 4.79 Å². The van der Waals surface area contributed by atoms with Crippen LogP contribution < -0.4 is 4.87 Å². The number of rotatable bonds is 4. The van der Waals surface area contributed by atoms with Gasteiger partial charge in [0.05, 0.1) is 16.8 Å². The number of thiazole rings is 1. The summed E-state index contributed by atoms with van der Waals surface area (Å²) in [4.78, 5) is 12.1. The van der Waals surface area contributed by atoms with Gasteiger partial charge in [0, 0.05) is 13.2 Å². The molecule has 0 saturated heterocycles. The highest BCUT2D eigenvalue weighted by molar-refractivity contribution is 7.16. The molecule has 5 nitrogen and oxygen atoms in total. The van der Waals surface area contributed by atoms with E-state index in [1.54, 1.807) is 11.7 Å². The van der Waals surface area contributed by atoms with E-state index >= 15 is 0 Å². The number of aryl methyl sites for hydroxylation is 1. The smallest absolute Gasteiger partial charge is 0.308 e. The fourth-order valence-corrected chi connectivity index (χ4v) is 3.13. The quantitative estimate of drug-likeness (QED) is 0.741. The molecule has 2 aromatic heterocycles. The van der Waals surface area contributed by atoms with Gasteiger partial charge in [0.25, 0.3) is 0 Å². The Morgan fingerprint density at radius 2 is 2.30 bits per heavy atom. The average molecular weight is 290 g/mol. The van der Waals surface area contributed by atoms with E-state index in [0.29, 0.717) is 18.9 Å². The Balaban J connectivity index is 1.99. The van der Waals surface area contributed by atoms with Crippen LogP contribution in [0.15, 0.2) is 33.6 Å². The molecule has 0 radical (unpaired) electrons. The second kappa shape index (κ2) is 5.22. The van der Waals surface area contributed by atoms with Crippen LogP contribution in [0.25, 0.3) is 10.2 Å². The van der Waals surface area contributed by atoms with Gasteiger partial charge >= 0.3 is 4.87 Å². The first-order valence-corrected chi connectivity index (χ1v) is 7.03. The fraction of sp³-hybridized carbons (Fsp3) is 0.286. The van der Waals surface area contributed by atoms with Crippen molar-refractivity contribution >= 4 is 21.6 Å². The summed E-state index contributed by atoms with van der Waals surface area (Å²) in [5, 5.41) is 3.97. The molecule has 0 atom stereocenters. The molecule has 0 aliphatic heterocycles. The Bertz CT molecular complexity index is 800. The summed E-state index contributed by atoms with van der Waals surface area (Å²) in [5.74, 6) is 0.659. The minimum Gasteiger partial charge on any atom is -0.377 e. The zero-order valence-corrected chi connectivity index (χ0v) is 12.1. The summed E-state index contributed by atoms with van der Waals surface area (Å²) < 4.78 is 12.9. The topological polar surface area (TPSA) is 57.3 Å². The Morgan fingerprint density at radius 1 is 1.45 bits per heavy atom. The number of aromatic nitrogens is 2. The van der Waals surface area contributed by atoms with Gasteiger partial charge in [0.1, 0.15) is 12.3 Å². The SMILES string of the molecule is COCc1cc(Cn2c(=O)sc3c(C)cccc32)no1. The molecule has 0 amide bonds. The minimum atomic E-state index is 0.0191. The third kappa shape index (κ3) is 2.28. The number of ether oxygens (including phenoxy) is 1. The number of hydrogen-bond acceptors (Lipinski definition) is 5. The molecule has 3 rings (SSSR count). The van der Waals surface area contributed by atoms with E-state index in [-0.39, 0.29) is 4.87 Å². The van der Waals surface area contributed by atoms with E-state index in [0.717, 1.165) is 21.5 Å². The molecule has 0 fully saturated rings. The first-order valence-electron chi connectivity index (χ1n) is 6.21. The molecule has 0 spiro atoms. The number of methoxy groups -OCH3 is 1. The summed E-state index contributed by atoms with van der Waals surface area (Å²) in [5.41, 5.74) is 2.78. The lowest BCUT2D eigenvalue weighted by Gasteiger charge is -2.00. The van der Waals surface area contributed by atoms with Crippen molar-refractivity contribution in [3.05, 3.63) is 51.0 Å². The maximum Gasteiger partial charge on any atom is 0.308 e. The standard InChI is InChI=1S/C14H14N2O3S/c1-9-4-3-5-12-13(9)20-14(17)16(12)7-10-6-11(8-18-2)19-15-10/h3-6H,7-8H2,1-2H3. The summed E-state index contributed by atoms with van der Waals surface area (Å²) in [6.45, 7) is 2.80. The summed E-state index contributed by atoms with van der Waals surface area (Å²) in [6, 6.07) is 7.74. The van der Waals surface area contributed by atoms with Gasteiger partial charge in [-0.25, -0.2) is 0 Å². The molecule has 0 bridgehead atoms. The van der Waals surface area contributed by atoms with E-state index in [2.05, 4.69) is 5.16 Å². The van der Waals surface area contributed by atoms with Gasteiger partial charge in [-0.3, -0.25) is 9.36 Å². The molecule has 2 heterocycles. The Kier molecular flexibility index (Phi) is 3.42. The molecule has 0 aliphatic carbocycles. The first kappa shape index (κ1) is 13.1. The Labute approximate surface area is 119 Å². The lowest BCUT2D eigenvalue weighted by molar-refractivity contribution is 0.155. The predicted molar refractivity (Wildman–Crippen MR) is 77.1 cm³/mol. The first-order chi connectivity index (χ1) is 9.69. The Hall–Kier alpha value is -1.92. The van der Waals surface area contributed by atoms with Crippen LogP contribution in [0.3, 0.4) is 0 Å². The van der Waals surface area contributed by atoms with Crippen molar-refractivity contribution in [2.24, 2.45) is 0 Å². The number of nitrogens with zero attached hydrogens (tertiary/aromatic N) is 2. The highest BCUT2D eigenvalue weighted by Gasteiger charge is 2.12. The summed E-state index contributed by atoms with van der Waals surface area (Å²) in [6.07, 6.45) is 0. The maximum absolute atomic E-state index is 12.1. The molecule has 1 aromatic carbocycles. The summed E-state index contributed by atoms with van der Waals surface area (Å²) >= 11 is 1.27. The van der Waals surface area contributed by atoms with E-state index < -0.39 is 0 Å². The van der Waals surface area contributed by atoms with Crippen molar-refractivity contribution < 1.29 is 9.26 Å². The number of hydrogen-bond donors (Lipinski definition) is 0. The van der Waals surface area contributed by atoms with Gasteiger partial charge in [0.2, 0.25) is 0 Å². The molecule has 0 unspecified atom stereocenters. The highest BCUT2D eigenvalue weighted by Crippen LogP contribution is 2.21. The van der Waals surface area contributed by atoms with Crippen LogP contribution in [0, 0.1) is 6.92 Å². The van der Waals surface area contributed by atoms with Crippen LogP contribution in [0.1, 0.15) is 17.0 Å². The monoisotopic (exact) mass is 290 g/mol. The molecular formula is C14H14N2O3S. The zero-order valence-electron chi connectivity index (χ0n) is 11.3. The molecule has 20 heavy (non-hydrogen) atoms. The van der Waals surface area contributed by atoms with Crippen molar-refractivity contribution in [3.63, 3.8) is 0 Å². The highest BCUT2D eigenvalue weighted by atomic mass is 32.1. The fourth-order valence-electron chi connectivity index (χ4n) is 2.18. The molecule has 3 aromatic rings. The average Bonchev–Trinajstić information content (AvgIpc) is 2.98. The van der Waals surface area contributed by atoms with E-state index in [1.807, 2.05) is 31.2 Å². The van der Waals surface area contributed by atoms with Crippen LogP contribution >= 0.6 is 11.3 Å². The van der Waals surface area contributed by atoms with Gasteiger partial charge in [-0.15, -0.1) is 0 Å². The van der Waals surface area contributed by atoms with Crippen LogP contribution in [0.4, 0.5) is 0 Å². The van der Waals surface area contributed by atoms with E-state index in [4.69, 9.17) is 9.26 Å². The molecule has 104 valence electrons. The van der Waals surface area contributed by atoms with Gasteiger partial charge < -0.3 is 9.26 Å². The third-order valence-corrected chi connectivity index (χ3v) is 4.24. The molecule has 0 saturated carbocycles. The van der Waals surface area contributed by atoms with Gasteiger partial charge in [0.15, 0.2) is 5.76 Å². The normalized spacial score (nSPS) is 11.3. The maximum atomic E-state index is 12.1. The Morgan fingerprint density at radius 3 is 3.10 bits per heavy atom.